The molecule has 8 nitrogen and oxygen atoms in total. The molecule has 2 aliphatic heterocycles. The molecule has 0 aliphatic carbocycles. The molecular formula is C26H18Cl2N4O4. The maximum atomic E-state index is 13.3. The van der Waals surface area contributed by atoms with Crippen LogP contribution in [0.5, 0.6) is 0 Å². The van der Waals surface area contributed by atoms with Gasteiger partial charge in [0.25, 0.3) is 23.6 Å². The summed E-state index contributed by atoms with van der Waals surface area (Å²) in [6.07, 6.45) is 3.45. The number of hydrogen-bond acceptors (Lipinski definition) is 4. The molecule has 0 saturated heterocycles. The number of aromatic amines is 2. The van der Waals surface area contributed by atoms with Gasteiger partial charge < -0.3 is 24.8 Å². The number of aromatic nitrogens is 2. The van der Waals surface area contributed by atoms with Gasteiger partial charge in [-0.25, -0.2) is 9.97 Å². The van der Waals surface area contributed by atoms with Crippen molar-refractivity contribution in [3.05, 3.63) is 107 Å². The van der Waals surface area contributed by atoms with E-state index in [2.05, 4.69) is 9.97 Å². The largest absolute Gasteiger partial charge is 1.00 e. The van der Waals surface area contributed by atoms with Crippen molar-refractivity contribution in [2.45, 2.75) is 13.1 Å². The summed E-state index contributed by atoms with van der Waals surface area (Å²) < 4.78 is 0. The summed E-state index contributed by atoms with van der Waals surface area (Å²) in [6.45, 7) is 0.171. The van der Waals surface area contributed by atoms with E-state index in [1.54, 1.807) is 48.8 Å². The van der Waals surface area contributed by atoms with Crippen molar-refractivity contribution in [2.75, 3.05) is 0 Å². The van der Waals surface area contributed by atoms with Gasteiger partial charge in [-0.3, -0.25) is 29.0 Å². The quantitative estimate of drug-likeness (QED) is 0.256. The Labute approximate surface area is 217 Å². The molecule has 2 aliphatic rings. The summed E-state index contributed by atoms with van der Waals surface area (Å²) in [7, 11) is 0. The third-order valence-corrected chi connectivity index (χ3v) is 6.27. The molecule has 2 aromatic heterocycles. The summed E-state index contributed by atoms with van der Waals surface area (Å²) >= 11 is 0. The Morgan fingerprint density at radius 1 is 0.500 bits per heavy atom. The molecule has 0 saturated carbocycles. The molecule has 0 radical (unpaired) electrons. The predicted molar refractivity (Wildman–Crippen MR) is 118 cm³/mol. The van der Waals surface area contributed by atoms with E-state index >= 15 is 0 Å². The maximum absolute atomic E-state index is 13.3. The number of benzene rings is 2. The topological polar surface area (TPSA) is 103 Å². The summed E-state index contributed by atoms with van der Waals surface area (Å²) in [4.78, 5) is 61.7. The maximum Gasteiger partial charge on any atom is 0.261 e. The van der Waals surface area contributed by atoms with Crippen molar-refractivity contribution < 1.29 is 54.0 Å². The minimum Gasteiger partial charge on any atom is -1.00 e. The van der Waals surface area contributed by atoms with Crippen LogP contribution in [-0.4, -0.2) is 33.4 Å². The van der Waals surface area contributed by atoms with Gasteiger partial charge in [-0.1, -0.05) is 12.1 Å². The van der Waals surface area contributed by atoms with E-state index in [4.69, 9.17) is 0 Å². The number of carbonyl (C=O) groups is 4. The Morgan fingerprint density at radius 2 is 0.833 bits per heavy atom. The van der Waals surface area contributed by atoms with Crippen LogP contribution in [0.25, 0.3) is 10.8 Å². The van der Waals surface area contributed by atoms with Crippen molar-refractivity contribution in [2.24, 2.45) is 0 Å². The van der Waals surface area contributed by atoms with Crippen LogP contribution in [0.2, 0.25) is 0 Å². The fourth-order valence-electron chi connectivity index (χ4n) is 4.66. The number of H-pyrrole nitrogens is 2. The molecule has 180 valence electrons. The summed E-state index contributed by atoms with van der Waals surface area (Å²) in [5.74, 6) is -1.83. The minimum atomic E-state index is -0.459. The molecule has 4 aromatic rings. The standard InChI is InChI=1S/C26H16N4O4.2ClH/c31-23-17-7-9-19-22-20(26(34)30(25(19)33)14-16-6-2-4-12-28-16)10-8-18(21(17)22)24(32)29(23)13-15-5-1-3-11-27-15;;/h1-12H,13-14H2;2*1H. The van der Waals surface area contributed by atoms with Crippen molar-refractivity contribution >= 4 is 34.4 Å². The number of pyridine rings is 2. The molecule has 6 rings (SSSR count). The SMILES string of the molecule is O=C1c2ccc3c4c(ccc(c24)C(=O)N1Cc1cccc[nH+]1)C(=O)N(Cc1cccc[nH+]1)C3=O.[Cl-].[Cl-]. The zero-order valence-electron chi connectivity index (χ0n) is 18.6. The predicted octanol–water partition coefficient (Wildman–Crippen LogP) is -3.93. The van der Waals surface area contributed by atoms with Gasteiger partial charge in [-0.2, -0.15) is 0 Å². The first kappa shape index (κ1) is 25.0. The molecule has 10 heteroatoms. The van der Waals surface area contributed by atoms with Crippen molar-refractivity contribution in [1.82, 2.24) is 9.80 Å². The number of halogens is 2. The zero-order valence-corrected chi connectivity index (χ0v) is 20.1. The Morgan fingerprint density at radius 3 is 1.11 bits per heavy atom. The monoisotopic (exact) mass is 520 g/mol. The van der Waals surface area contributed by atoms with E-state index in [9.17, 15) is 19.2 Å². The number of nitrogens with one attached hydrogen (secondary N) is 2. The van der Waals surface area contributed by atoms with Gasteiger partial charge in [0, 0.05) is 57.3 Å². The third-order valence-electron chi connectivity index (χ3n) is 6.27. The average Bonchev–Trinajstić information content (AvgIpc) is 2.87. The van der Waals surface area contributed by atoms with Gasteiger partial charge in [0.1, 0.15) is 13.1 Å². The smallest absolute Gasteiger partial charge is 0.261 e. The minimum absolute atomic E-state index is 0. The van der Waals surface area contributed by atoms with Gasteiger partial charge in [0.05, 0.1) is 0 Å². The normalized spacial score (nSPS) is 14.0. The molecule has 0 atom stereocenters. The van der Waals surface area contributed by atoms with Crippen LogP contribution in [0.1, 0.15) is 52.8 Å². The first-order chi connectivity index (χ1) is 16.5. The Hall–Kier alpha value is -4.14. The molecule has 4 amide bonds. The van der Waals surface area contributed by atoms with Crippen molar-refractivity contribution in [1.29, 1.82) is 0 Å². The van der Waals surface area contributed by atoms with Gasteiger partial charge in [-0.05, 0) is 24.3 Å². The number of nitrogens with zero attached hydrogens (tertiary/aromatic N) is 2. The van der Waals surface area contributed by atoms with Crippen LogP contribution in [0, 0.1) is 0 Å². The van der Waals surface area contributed by atoms with Crippen LogP contribution in [-0.2, 0) is 13.1 Å². The highest BCUT2D eigenvalue weighted by atomic mass is 35.5. The van der Waals surface area contributed by atoms with E-state index in [0.717, 1.165) is 0 Å². The van der Waals surface area contributed by atoms with E-state index in [-0.39, 0.29) is 37.9 Å². The first-order valence-corrected chi connectivity index (χ1v) is 10.8. The Balaban J connectivity index is 0.00000152. The van der Waals surface area contributed by atoms with E-state index in [1.165, 1.54) is 9.80 Å². The van der Waals surface area contributed by atoms with E-state index < -0.39 is 23.6 Å². The molecule has 0 fully saturated rings. The average molecular weight is 521 g/mol. The fourth-order valence-corrected chi connectivity index (χ4v) is 4.66. The molecule has 4 heterocycles. The molecule has 2 aromatic carbocycles. The van der Waals surface area contributed by atoms with E-state index in [1.807, 2.05) is 24.3 Å². The lowest BCUT2D eigenvalue weighted by molar-refractivity contribution is -0.392. The van der Waals surface area contributed by atoms with Gasteiger partial charge in [-0.15, -0.1) is 0 Å². The van der Waals surface area contributed by atoms with Crippen LogP contribution < -0.4 is 34.8 Å². The molecule has 2 N–H and O–H groups in total. The summed E-state index contributed by atoms with van der Waals surface area (Å²) in [6, 6.07) is 17.1. The highest BCUT2D eigenvalue weighted by Gasteiger charge is 2.40. The fraction of sp³-hybridized carbons (Fsp3) is 0.0769. The Bertz CT molecular complexity index is 1360. The second-order valence-corrected chi connectivity index (χ2v) is 8.24. The number of carbonyl (C=O) groups excluding carboxylic acids is 4. The number of rotatable bonds is 4. The van der Waals surface area contributed by atoms with Crippen LogP contribution >= 0.6 is 0 Å². The molecular weight excluding hydrogens is 503 g/mol. The van der Waals surface area contributed by atoms with Crippen LogP contribution in [0.3, 0.4) is 0 Å². The molecule has 0 unspecified atom stereocenters. The number of imide groups is 2. The van der Waals surface area contributed by atoms with Gasteiger partial charge in [0.2, 0.25) is 0 Å². The first-order valence-electron chi connectivity index (χ1n) is 10.8. The lowest BCUT2D eigenvalue weighted by Gasteiger charge is -2.31. The second-order valence-electron chi connectivity index (χ2n) is 8.24. The number of amides is 4. The van der Waals surface area contributed by atoms with Crippen LogP contribution in [0.4, 0.5) is 0 Å². The lowest BCUT2D eigenvalue weighted by atomic mass is 9.86. The third kappa shape index (κ3) is 3.71. The highest BCUT2D eigenvalue weighted by Crippen LogP contribution is 2.38. The number of hydrogen-bond donors (Lipinski definition) is 0. The van der Waals surface area contributed by atoms with Crippen LogP contribution in [0.15, 0.2) is 73.1 Å². The van der Waals surface area contributed by atoms with E-state index in [0.29, 0.717) is 44.4 Å². The summed E-state index contributed by atoms with van der Waals surface area (Å²) in [5, 5.41) is 0.733. The second kappa shape index (κ2) is 9.49. The molecule has 0 bridgehead atoms. The highest BCUT2D eigenvalue weighted by molar-refractivity contribution is 6.33. The lowest BCUT2D eigenvalue weighted by Crippen LogP contribution is -3.00. The van der Waals surface area contributed by atoms with Gasteiger partial charge in [0.15, 0.2) is 23.8 Å². The Kier molecular flexibility index (Phi) is 6.58. The molecule has 36 heavy (non-hydrogen) atoms. The molecule has 0 spiro atoms. The van der Waals surface area contributed by atoms with Crippen molar-refractivity contribution in [3.8, 4) is 0 Å². The van der Waals surface area contributed by atoms with Gasteiger partial charge >= 0.3 is 0 Å². The summed E-state index contributed by atoms with van der Waals surface area (Å²) in [5.41, 5.74) is 2.62. The van der Waals surface area contributed by atoms with Crippen molar-refractivity contribution in [3.63, 3.8) is 0 Å². The zero-order chi connectivity index (χ0) is 23.4.